The van der Waals surface area contributed by atoms with Crippen LogP contribution in [0, 0.1) is 0 Å². The number of rotatable bonds is 2. The molecule has 1 aliphatic heterocycles. The zero-order valence-electron chi connectivity index (χ0n) is 14.2. The lowest BCUT2D eigenvalue weighted by Crippen LogP contribution is -2.52. The lowest BCUT2D eigenvalue weighted by Gasteiger charge is -2.25. The van der Waals surface area contributed by atoms with Crippen LogP contribution in [0.5, 0.6) is 0 Å². The van der Waals surface area contributed by atoms with Crippen LogP contribution in [0.2, 0.25) is 0 Å². The molecular formula is C16H26N2O5. The average Bonchev–Trinajstić information content (AvgIpc) is 2.45. The molecule has 0 fully saturated rings. The van der Waals surface area contributed by atoms with E-state index in [2.05, 4.69) is 10.6 Å². The SMILES string of the molecule is COC(=O)[C@@H]1CC/C=C/CC[C@H](NC(=O)OC(C)(C)C)C(=O)N1. The first-order valence-corrected chi connectivity index (χ1v) is 7.75. The predicted molar refractivity (Wildman–Crippen MR) is 84.7 cm³/mol. The number of alkyl carbamates (subject to hydrolysis) is 1. The maximum absolute atomic E-state index is 12.4. The van der Waals surface area contributed by atoms with E-state index in [1.807, 2.05) is 12.2 Å². The van der Waals surface area contributed by atoms with Crippen molar-refractivity contribution < 1.29 is 23.9 Å². The number of hydrogen-bond donors (Lipinski definition) is 2. The van der Waals surface area contributed by atoms with Gasteiger partial charge in [0.1, 0.15) is 17.7 Å². The molecule has 0 saturated carbocycles. The summed E-state index contributed by atoms with van der Waals surface area (Å²) in [5.74, 6) is -0.912. The summed E-state index contributed by atoms with van der Waals surface area (Å²) in [7, 11) is 1.28. The number of nitrogens with one attached hydrogen (secondary N) is 2. The minimum Gasteiger partial charge on any atom is -0.467 e. The van der Waals surface area contributed by atoms with Crippen molar-refractivity contribution in [3.05, 3.63) is 12.2 Å². The van der Waals surface area contributed by atoms with Crippen LogP contribution >= 0.6 is 0 Å². The van der Waals surface area contributed by atoms with Crippen molar-refractivity contribution >= 4 is 18.0 Å². The summed E-state index contributed by atoms with van der Waals surface area (Å²) in [5.41, 5.74) is -0.648. The summed E-state index contributed by atoms with van der Waals surface area (Å²) in [6.07, 6.45) is 5.44. The Morgan fingerprint density at radius 3 is 2.39 bits per heavy atom. The number of esters is 1. The highest BCUT2D eigenvalue weighted by Gasteiger charge is 2.28. The fourth-order valence-electron chi connectivity index (χ4n) is 2.14. The molecule has 2 atom stereocenters. The summed E-state index contributed by atoms with van der Waals surface area (Å²) >= 11 is 0. The number of carbonyl (C=O) groups is 3. The van der Waals surface area contributed by atoms with Gasteiger partial charge in [-0.05, 0) is 46.5 Å². The third-order valence-corrected chi connectivity index (χ3v) is 3.22. The van der Waals surface area contributed by atoms with Crippen LogP contribution in [0.1, 0.15) is 46.5 Å². The molecule has 0 aromatic rings. The van der Waals surface area contributed by atoms with Gasteiger partial charge in [0.05, 0.1) is 7.11 Å². The van der Waals surface area contributed by atoms with Crippen LogP contribution in [-0.4, -0.2) is 42.8 Å². The Labute approximate surface area is 136 Å². The van der Waals surface area contributed by atoms with Crippen molar-refractivity contribution in [3.8, 4) is 0 Å². The molecular weight excluding hydrogens is 300 g/mol. The van der Waals surface area contributed by atoms with Gasteiger partial charge in [-0.25, -0.2) is 9.59 Å². The molecule has 0 bridgehead atoms. The van der Waals surface area contributed by atoms with Crippen molar-refractivity contribution in [1.82, 2.24) is 10.6 Å². The molecule has 2 N–H and O–H groups in total. The van der Waals surface area contributed by atoms with E-state index in [1.165, 1.54) is 7.11 Å². The van der Waals surface area contributed by atoms with Gasteiger partial charge in [-0.1, -0.05) is 12.2 Å². The second-order valence-electron chi connectivity index (χ2n) is 6.41. The van der Waals surface area contributed by atoms with Crippen LogP contribution in [0.15, 0.2) is 12.2 Å². The number of amides is 2. The van der Waals surface area contributed by atoms with Crippen LogP contribution in [0.4, 0.5) is 4.79 Å². The van der Waals surface area contributed by atoms with E-state index in [-0.39, 0.29) is 0 Å². The van der Waals surface area contributed by atoms with Gasteiger partial charge < -0.3 is 20.1 Å². The first-order chi connectivity index (χ1) is 10.7. The number of ether oxygens (including phenoxy) is 2. The van der Waals surface area contributed by atoms with E-state index in [0.29, 0.717) is 25.7 Å². The normalized spacial score (nSPS) is 24.1. The van der Waals surface area contributed by atoms with Crippen molar-refractivity contribution in [3.63, 3.8) is 0 Å². The van der Waals surface area contributed by atoms with Crippen LogP contribution in [-0.2, 0) is 19.1 Å². The monoisotopic (exact) mass is 326 g/mol. The quantitative estimate of drug-likeness (QED) is 0.595. The molecule has 7 heteroatoms. The zero-order valence-corrected chi connectivity index (χ0v) is 14.2. The topological polar surface area (TPSA) is 93.7 Å². The van der Waals surface area contributed by atoms with Gasteiger partial charge in [0, 0.05) is 0 Å². The van der Waals surface area contributed by atoms with Gasteiger partial charge in [-0.15, -0.1) is 0 Å². The minimum atomic E-state index is -0.764. The smallest absolute Gasteiger partial charge is 0.408 e. The number of methoxy groups -OCH3 is 1. The number of carbonyl (C=O) groups excluding carboxylic acids is 3. The van der Waals surface area contributed by atoms with Gasteiger partial charge in [0.2, 0.25) is 5.91 Å². The molecule has 7 nitrogen and oxygen atoms in total. The van der Waals surface area contributed by atoms with Crippen molar-refractivity contribution in [2.24, 2.45) is 0 Å². The summed E-state index contributed by atoms with van der Waals surface area (Å²) in [6, 6.07) is -1.49. The Bertz CT molecular complexity index is 468. The molecule has 2 amide bonds. The Kier molecular flexibility index (Phi) is 7.06. The van der Waals surface area contributed by atoms with Gasteiger partial charge in [-0.3, -0.25) is 4.79 Å². The maximum Gasteiger partial charge on any atom is 0.408 e. The Balaban J connectivity index is 2.77. The second kappa shape index (κ2) is 8.55. The summed E-state index contributed by atoms with van der Waals surface area (Å²) < 4.78 is 9.87. The summed E-state index contributed by atoms with van der Waals surface area (Å²) in [6.45, 7) is 5.24. The predicted octanol–water partition coefficient (Wildman–Crippen LogP) is 1.67. The molecule has 1 aliphatic rings. The zero-order chi connectivity index (χ0) is 17.5. The van der Waals surface area contributed by atoms with Gasteiger partial charge in [0.15, 0.2) is 0 Å². The van der Waals surface area contributed by atoms with Gasteiger partial charge >= 0.3 is 12.1 Å². The van der Waals surface area contributed by atoms with E-state index in [0.717, 1.165) is 0 Å². The highest BCUT2D eigenvalue weighted by molar-refractivity contribution is 5.89. The van der Waals surface area contributed by atoms with E-state index in [9.17, 15) is 14.4 Å². The molecule has 130 valence electrons. The largest absolute Gasteiger partial charge is 0.467 e. The Morgan fingerprint density at radius 1 is 1.22 bits per heavy atom. The van der Waals surface area contributed by atoms with Crippen LogP contribution in [0.25, 0.3) is 0 Å². The lowest BCUT2D eigenvalue weighted by molar-refractivity contribution is -0.145. The second-order valence-corrected chi connectivity index (χ2v) is 6.41. The molecule has 23 heavy (non-hydrogen) atoms. The third kappa shape index (κ3) is 7.17. The first-order valence-electron chi connectivity index (χ1n) is 7.75. The Hall–Kier alpha value is -2.05. The summed E-state index contributed by atoms with van der Waals surface area (Å²) in [4.78, 5) is 35.9. The lowest BCUT2D eigenvalue weighted by atomic mass is 10.1. The Morgan fingerprint density at radius 2 is 1.83 bits per heavy atom. The number of hydrogen-bond acceptors (Lipinski definition) is 5. The fourth-order valence-corrected chi connectivity index (χ4v) is 2.14. The number of allylic oxidation sites excluding steroid dienone is 2. The van der Waals surface area contributed by atoms with Crippen LogP contribution < -0.4 is 10.6 Å². The fraction of sp³-hybridized carbons (Fsp3) is 0.688. The third-order valence-electron chi connectivity index (χ3n) is 3.22. The molecule has 0 spiro atoms. The molecule has 0 aromatic heterocycles. The molecule has 0 radical (unpaired) electrons. The van der Waals surface area contributed by atoms with Crippen LogP contribution in [0.3, 0.4) is 0 Å². The minimum absolute atomic E-state index is 0.415. The molecule has 0 aromatic carbocycles. The van der Waals surface area contributed by atoms with Crippen molar-refractivity contribution in [2.45, 2.75) is 64.1 Å². The molecule has 0 saturated heterocycles. The molecule has 1 heterocycles. The van der Waals surface area contributed by atoms with E-state index >= 15 is 0 Å². The van der Waals surface area contributed by atoms with E-state index < -0.39 is 35.7 Å². The highest BCUT2D eigenvalue weighted by Crippen LogP contribution is 2.10. The maximum atomic E-state index is 12.4. The average molecular weight is 326 g/mol. The standard InChI is InChI=1S/C16H26N2O5/c1-16(2,3)23-15(21)18-11-9-7-5-6-8-10-12(14(20)22-4)17-13(11)19/h5-6,11-12H,7-10H2,1-4H3,(H,17,19)(H,18,21)/b6-5+/t11-,12-/m0/s1. The van der Waals surface area contributed by atoms with Gasteiger partial charge in [-0.2, -0.15) is 0 Å². The first kappa shape index (κ1) is 19.0. The summed E-state index contributed by atoms with van der Waals surface area (Å²) in [5, 5.41) is 5.20. The highest BCUT2D eigenvalue weighted by atomic mass is 16.6. The van der Waals surface area contributed by atoms with Crippen molar-refractivity contribution in [2.75, 3.05) is 7.11 Å². The van der Waals surface area contributed by atoms with E-state index in [4.69, 9.17) is 9.47 Å². The van der Waals surface area contributed by atoms with Crippen molar-refractivity contribution in [1.29, 1.82) is 0 Å². The molecule has 0 aliphatic carbocycles. The molecule has 1 rings (SSSR count). The van der Waals surface area contributed by atoms with Gasteiger partial charge in [0.25, 0.3) is 0 Å². The van der Waals surface area contributed by atoms with E-state index in [1.54, 1.807) is 20.8 Å². The molecule has 0 unspecified atom stereocenters.